The summed E-state index contributed by atoms with van der Waals surface area (Å²) >= 11 is 0. The molecule has 0 saturated carbocycles. The van der Waals surface area contributed by atoms with E-state index in [1.807, 2.05) is 32.4 Å². The van der Waals surface area contributed by atoms with Gasteiger partial charge in [-0.05, 0) is 32.1 Å². The number of hydrogen-bond acceptors (Lipinski definition) is 4. The van der Waals surface area contributed by atoms with E-state index in [9.17, 15) is 4.79 Å². The molecular formula is C19H28N4O2. The smallest absolute Gasteiger partial charge is 0.234 e. The van der Waals surface area contributed by atoms with Crippen LogP contribution in [0.15, 0.2) is 30.5 Å². The van der Waals surface area contributed by atoms with Crippen LogP contribution < -0.4 is 5.32 Å². The monoisotopic (exact) mass is 344 g/mol. The molecule has 2 aromatic rings. The van der Waals surface area contributed by atoms with Crippen LogP contribution in [0, 0.1) is 0 Å². The van der Waals surface area contributed by atoms with Gasteiger partial charge in [0.2, 0.25) is 5.91 Å². The van der Waals surface area contributed by atoms with Gasteiger partial charge in [-0.15, -0.1) is 0 Å². The third-order valence-electron chi connectivity index (χ3n) is 4.55. The fourth-order valence-electron chi connectivity index (χ4n) is 3.38. The molecule has 1 aromatic heterocycles. The largest absolute Gasteiger partial charge is 0.374 e. The van der Waals surface area contributed by atoms with E-state index >= 15 is 0 Å². The Morgan fingerprint density at radius 3 is 3.08 bits per heavy atom. The molecule has 2 N–H and O–H groups in total. The molecule has 136 valence electrons. The summed E-state index contributed by atoms with van der Waals surface area (Å²) in [6.45, 7) is 4.32. The summed E-state index contributed by atoms with van der Waals surface area (Å²) in [5, 5.41) is 4.28. The quantitative estimate of drug-likeness (QED) is 0.789. The molecule has 0 spiro atoms. The molecule has 1 fully saturated rings. The van der Waals surface area contributed by atoms with Crippen LogP contribution in [-0.2, 0) is 16.0 Å². The van der Waals surface area contributed by atoms with Crippen molar-refractivity contribution >= 4 is 16.8 Å². The summed E-state index contributed by atoms with van der Waals surface area (Å²) < 4.78 is 5.75. The van der Waals surface area contributed by atoms with Crippen LogP contribution in [-0.4, -0.2) is 80.2 Å². The number of H-pyrrole nitrogens is 1. The Labute approximate surface area is 149 Å². The second-order valence-corrected chi connectivity index (χ2v) is 6.95. The molecule has 1 aromatic carbocycles. The van der Waals surface area contributed by atoms with Gasteiger partial charge in [0.15, 0.2) is 0 Å². The maximum absolute atomic E-state index is 12.2. The predicted octanol–water partition coefficient (Wildman–Crippen LogP) is 1.09. The van der Waals surface area contributed by atoms with Gasteiger partial charge in [0.1, 0.15) is 0 Å². The van der Waals surface area contributed by atoms with Crippen LogP contribution in [0.1, 0.15) is 5.56 Å². The van der Waals surface area contributed by atoms with Gasteiger partial charge in [-0.1, -0.05) is 18.2 Å². The summed E-state index contributed by atoms with van der Waals surface area (Å²) in [5.74, 6) is 0.0883. The number of carbonyl (C=O) groups is 1. The molecule has 0 aliphatic carbocycles. The standard InChI is InChI=1S/C19H28N4O2/c1-22(2)12-16-13-23(9-10-25-16)14-19(24)20-8-7-15-11-21-18-6-4-3-5-17(15)18/h3-6,11,16,21H,7-10,12-14H2,1-2H3,(H,20,24). The highest BCUT2D eigenvalue weighted by molar-refractivity contribution is 5.83. The second kappa shape index (κ2) is 8.47. The van der Waals surface area contributed by atoms with Gasteiger partial charge in [-0.2, -0.15) is 0 Å². The van der Waals surface area contributed by atoms with Crippen LogP contribution in [0.5, 0.6) is 0 Å². The van der Waals surface area contributed by atoms with E-state index in [4.69, 9.17) is 4.74 Å². The van der Waals surface area contributed by atoms with Crippen molar-refractivity contribution in [1.29, 1.82) is 0 Å². The minimum absolute atomic E-state index is 0.0883. The van der Waals surface area contributed by atoms with Crippen LogP contribution in [0.4, 0.5) is 0 Å². The highest BCUT2D eigenvalue weighted by atomic mass is 16.5. The molecule has 1 amide bonds. The number of aromatic amines is 1. The van der Waals surface area contributed by atoms with Crippen molar-refractivity contribution in [3.8, 4) is 0 Å². The van der Waals surface area contributed by atoms with Gasteiger partial charge >= 0.3 is 0 Å². The van der Waals surface area contributed by atoms with Crippen LogP contribution in [0.2, 0.25) is 0 Å². The Kier molecular flexibility index (Phi) is 6.07. The van der Waals surface area contributed by atoms with E-state index in [0.717, 1.165) is 31.6 Å². The van der Waals surface area contributed by atoms with E-state index in [1.165, 1.54) is 10.9 Å². The minimum atomic E-state index is 0.0883. The van der Waals surface area contributed by atoms with E-state index in [0.29, 0.717) is 19.7 Å². The first kappa shape index (κ1) is 17.9. The molecule has 1 aliphatic heterocycles. The molecule has 0 radical (unpaired) electrons. The normalized spacial score (nSPS) is 18.8. The van der Waals surface area contributed by atoms with E-state index in [2.05, 4.69) is 32.2 Å². The van der Waals surface area contributed by atoms with Crippen molar-refractivity contribution in [2.24, 2.45) is 0 Å². The zero-order chi connectivity index (χ0) is 17.6. The molecule has 1 atom stereocenters. The number of nitrogens with zero attached hydrogens (tertiary/aromatic N) is 2. The van der Waals surface area contributed by atoms with Crippen molar-refractivity contribution in [1.82, 2.24) is 20.1 Å². The van der Waals surface area contributed by atoms with Gasteiger partial charge in [-0.3, -0.25) is 9.69 Å². The third-order valence-corrected chi connectivity index (χ3v) is 4.55. The Bertz CT molecular complexity index is 698. The lowest BCUT2D eigenvalue weighted by Crippen LogP contribution is -2.49. The van der Waals surface area contributed by atoms with E-state index in [-0.39, 0.29) is 12.0 Å². The molecule has 25 heavy (non-hydrogen) atoms. The number of nitrogens with one attached hydrogen (secondary N) is 2. The number of morpholine rings is 1. The number of amides is 1. The van der Waals surface area contributed by atoms with Gasteiger partial charge in [-0.25, -0.2) is 0 Å². The van der Waals surface area contributed by atoms with E-state index < -0.39 is 0 Å². The van der Waals surface area contributed by atoms with Crippen molar-refractivity contribution in [2.75, 3.05) is 53.4 Å². The number of hydrogen-bond donors (Lipinski definition) is 2. The highest BCUT2D eigenvalue weighted by Gasteiger charge is 2.22. The number of aromatic nitrogens is 1. The zero-order valence-corrected chi connectivity index (χ0v) is 15.1. The van der Waals surface area contributed by atoms with Crippen LogP contribution in [0.25, 0.3) is 10.9 Å². The molecule has 1 aliphatic rings. The molecule has 6 heteroatoms. The van der Waals surface area contributed by atoms with Gasteiger partial charge in [0, 0.05) is 43.3 Å². The highest BCUT2D eigenvalue weighted by Crippen LogP contribution is 2.17. The minimum Gasteiger partial charge on any atom is -0.374 e. The number of benzene rings is 1. The Morgan fingerprint density at radius 2 is 2.24 bits per heavy atom. The first-order valence-electron chi connectivity index (χ1n) is 8.92. The predicted molar refractivity (Wildman–Crippen MR) is 99.7 cm³/mol. The number of carbonyl (C=O) groups excluding carboxylic acids is 1. The van der Waals surface area contributed by atoms with Gasteiger partial charge in [0.25, 0.3) is 0 Å². The number of ether oxygens (including phenoxy) is 1. The zero-order valence-electron chi connectivity index (χ0n) is 15.1. The lowest BCUT2D eigenvalue weighted by Gasteiger charge is -2.33. The van der Waals surface area contributed by atoms with Crippen molar-refractivity contribution in [3.63, 3.8) is 0 Å². The fourth-order valence-corrected chi connectivity index (χ4v) is 3.38. The van der Waals surface area contributed by atoms with Crippen LogP contribution >= 0.6 is 0 Å². The summed E-state index contributed by atoms with van der Waals surface area (Å²) in [6.07, 6.45) is 3.05. The lowest BCUT2D eigenvalue weighted by atomic mass is 10.1. The topological polar surface area (TPSA) is 60.6 Å². The Hall–Kier alpha value is -1.89. The van der Waals surface area contributed by atoms with Gasteiger partial charge < -0.3 is 19.9 Å². The first-order chi connectivity index (χ1) is 12.1. The van der Waals surface area contributed by atoms with Gasteiger partial charge in [0.05, 0.1) is 19.3 Å². The molecule has 3 rings (SSSR count). The van der Waals surface area contributed by atoms with Crippen molar-refractivity contribution < 1.29 is 9.53 Å². The Balaban J connectivity index is 1.42. The molecule has 1 saturated heterocycles. The average molecular weight is 344 g/mol. The van der Waals surface area contributed by atoms with E-state index in [1.54, 1.807) is 0 Å². The van der Waals surface area contributed by atoms with Crippen LogP contribution in [0.3, 0.4) is 0 Å². The summed E-state index contributed by atoms with van der Waals surface area (Å²) in [7, 11) is 4.08. The first-order valence-corrected chi connectivity index (χ1v) is 8.92. The third kappa shape index (κ3) is 5.04. The average Bonchev–Trinajstić information content (AvgIpc) is 2.98. The summed E-state index contributed by atoms with van der Waals surface area (Å²) in [4.78, 5) is 19.8. The maximum atomic E-state index is 12.2. The molecular weight excluding hydrogens is 316 g/mol. The molecule has 2 heterocycles. The number of likely N-dealkylation sites (N-methyl/N-ethyl adjacent to an activating group) is 1. The second-order valence-electron chi connectivity index (χ2n) is 6.95. The molecule has 6 nitrogen and oxygen atoms in total. The van der Waals surface area contributed by atoms with Crippen molar-refractivity contribution in [2.45, 2.75) is 12.5 Å². The maximum Gasteiger partial charge on any atom is 0.234 e. The Morgan fingerprint density at radius 1 is 1.40 bits per heavy atom. The van der Waals surface area contributed by atoms with Crippen molar-refractivity contribution in [3.05, 3.63) is 36.0 Å². The summed E-state index contributed by atoms with van der Waals surface area (Å²) in [6, 6.07) is 8.25. The molecule has 1 unspecified atom stereocenters. The lowest BCUT2D eigenvalue weighted by molar-refractivity contribution is -0.124. The number of para-hydroxylation sites is 1. The fraction of sp³-hybridized carbons (Fsp3) is 0.526. The summed E-state index contributed by atoms with van der Waals surface area (Å²) in [5.41, 5.74) is 2.39. The SMILES string of the molecule is CN(C)CC1CN(CC(=O)NCCc2c[nH]c3ccccc23)CCO1. The number of fused-ring (bicyclic) bond motifs is 1. The molecule has 0 bridgehead atoms. The number of rotatable bonds is 7.